The third-order valence-corrected chi connectivity index (χ3v) is 10.3. The molecule has 1 aliphatic heterocycles. The van der Waals surface area contributed by atoms with Crippen molar-refractivity contribution < 1.29 is 23.9 Å². The Morgan fingerprint density at radius 1 is 1.00 bits per heavy atom. The lowest BCUT2D eigenvalue weighted by atomic mass is 10.0. The van der Waals surface area contributed by atoms with Crippen molar-refractivity contribution in [3.8, 4) is 0 Å². The van der Waals surface area contributed by atoms with E-state index in [0.717, 1.165) is 10.5 Å². The van der Waals surface area contributed by atoms with E-state index < -0.39 is 42.3 Å². The molecule has 1 heterocycles. The topological polar surface area (TPSA) is 92.8 Å². The number of hydrogen-bond acceptors (Lipinski definition) is 5. The summed E-state index contributed by atoms with van der Waals surface area (Å²) in [5.74, 6) is -3.22. The van der Waals surface area contributed by atoms with Gasteiger partial charge in [0.25, 0.3) is 17.7 Å². The lowest BCUT2D eigenvalue weighted by Gasteiger charge is -2.27. The number of halogens is 5. The van der Waals surface area contributed by atoms with Gasteiger partial charge in [-0.05, 0) is 94.3 Å². The van der Waals surface area contributed by atoms with Crippen molar-refractivity contribution in [2.75, 3.05) is 11.9 Å². The number of fused-ring (bicyclic) bond motifs is 1. The van der Waals surface area contributed by atoms with Crippen LogP contribution in [0.15, 0.2) is 36.1 Å². The van der Waals surface area contributed by atoms with Crippen molar-refractivity contribution in [1.29, 1.82) is 0 Å². The van der Waals surface area contributed by atoms with Crippen LogP contribution in [0.4, 0.5) is 5.69 Å². The third-order valence-electron chi connectivity index (χ3n) is 5.08. The summed E-state index contributed by atoms with van der Waals surface area (Å²) in [6.45, 7) is 4.59. The number of nitrogens with zero attached hydrogens (tertiary/aromatic N) is 1. The first-order valence-corrected chi connectivity index (χ1v) is 13.4. The summed E-state index contributed by atoms with van der Waals surface area (Å²) in [5, 5.41) is 3.07. The van der Waals surface area contributed by atoms with Crippen LogP contribution < -0.4 is 5.32 Å². The van der Waals surface area contributed by atoms with E-state index in [1.807, 2.05) is 6.92 Å². The van der Waals surface area contributed by atoms with Crippen LogP contribution >= 0.6 is 75.3 Å². The van der Waals surface area contributed by atoms with Crippen LogP contribution in [0.5, 0.6) is 0 Å². The number of carbonyl (C=O) groups is 4. The van der Waals surface area contributed by atoms with Crippen molar-refractivity contribution in [3.05, 3.63) is 57.8 Å². The summed E-state index contributed by atoms with van der Waals surface area (Å²) in [6.07, 6.45) is 0. The standard InChI is InChI=1S/C22H17Br4ClN2O5/c1-8(2)19(22(33)34-7-12(30)28-10-5-4-9(3)11(27)6-10)29-20(31)13-14(21(29)32)16(24)18(26)17(25)15(13)23/h4-6,8,19H,7H2,1-3H3,(H,28,30)/t19-/m0/s1. The van der Waals surface area contributed by atoms with Crippen LogP contribution in [0.25, 0.3) is 0 Å². The number of benzene rings is 2. The number of imide groups is 1. The largest absolute Gasteiger partial charge is 0.454 e. The van der Waals surface area contributed by atoms with E-state index in [0.29, 0.717) is 28.6 Å². The minimum Gasteiger partial charge on any atom is -0.454 e. The van der Waals surface area contributed by atoms with Gasteiger partial charge in [0.05, 0.1) is 11.1 Å². The summed E-state index contributed by atoms with van der Waals surface area (Å²) in [5.41, 5.74) is 1.55. The van der Waals surface area contributed by atoms with Gasteiger partial charge in [-0.1, -0.05) is 31.5 Å². The van der Waals surface area contributed by atoms with E-state index in [9.17, 15) is 19.2 Å². The molecule has 0 aliphatic carbocycles. The highest BCUT2D eigenvalue weighted by Crippen LogP contribution is 2.46. The Balaban J connectivity index is 1.80. The predicted octanol–water partition coefficient (Wildman–Crippen LogP) is 6.50. The quantitative estimate of drug-likeness (QED) is 0.158. The molecule has 0 unspecified atom stereocenters. The van der Waals surface area contributed by atoms with Gasteiger partial charge in [-0.3, -0.25) is 19.3 Å². The summed E-state index contributed by atoms with van der Waals surface area (Å²) in [7, 11) is 0. The maximum absolute atomic E-state index is 13.3. The molecule has 3 rings (SSSR count). The normalized spacial score (nSPS) is 13.9. The fourth-order valence-corrected chi connectivity index (χ4v) is 6.02. The third kappa shape index (κ3) is 5.13. The maximum atomic E-state index is 13.3. The maximum Gasteiger partial charge on any atom is 0.330 e. The number of amides is 3. The van der Waals surface area contributed by atoms with Gasteiger partial charge in [-0.15, -0.1) is 0 Å². The summed E-state index contributed by atoms with van der Waals surface area (Å²) in [4.78, 5) is 52.6. The van der Waals surface area contributed by atoms with Crippen LogP contribution in [0.3, 0.4) is 0 Å². The van der Waals surface area contributed by atoms with E-state index in [1.54, 1.807) is 32.0 Å². The second-order valence-electron chi connectivity index (χ2n) is 7.79. The second kappa shape index (κ2) is 10.8. The first kappa shape index (κ1) is 27.3. The highest BCUT2D eigenvalue weighted by Gasteiger charge is 2.47. The number of aryl methyl sites for hydroxylation is 1. The van der Waals surface area contributed by atoms with Crippen LogP contribution in [0.1, 0.15) is 40.1 Å². The van der Waals surface area contributed by atoms with Gasteiger partial charge in [0, 0.05) is 28.6 Å². The number of nitrogens with one attached hydrogen (secondary N) is 1. The molecule has 3 amide bonds. The molecule has 34 heavy (non-hydrogen) atoms. The molecular weight excluding hydrogens is 727 g/mol. The zero-order valence-corrected chi connectivity index (χ0v) is 25.1. The summed E-state index contributed by atoms with van der Waals surface area (Å²) >= 11 is 19.5. The highest BCUT2D eigenvalue weighted by molar-refractivity contribution is 9.15. The molecule has 0 fully saturated rings. The molecule has 180 valence electrons. The molecular formula is C22H17Br4ClN2O5. The molecule has 1 aliphatic rings. The van der Waals surface area contributed by atoms with Crippen molar-refractivity contribution in [1.82, 2.24) is 4.90 Å². The van der Waals surface area contributed by atoms with E-state index in [4.69, 9.17) is 16.3 Å². The lowest BCUT2D eigenvalue weighted by molar-refractivity contribution is -0.152. The van der Waals surface area contributed by atoms with Gasteiger partial charge in [-0.25, -0.2) is 4.79 Å². The van der Waals surface area contributed by atoms with Gasteiger partial charge in [0.1, 0.15) is 6.04 Å². The minimum absolute atomic E-state index is 0.124. The lowest BCUT2D eigenvalue weighted by Crippen LogP contribution is -2.49. The molecule has 0 saturated heterocycles. The van der Waals surface area contributed by atoms with Crippen molar-refractivity contribution in [3.63, 3.8) is 0 Å². The Morgan fingerprint density at radius 2 is 1.53 bits per heavy atom. The van der Waals surface area contributed by atoms with Crippen LogP contribution in [0, 0.1) is 12.8 Å². The van der Waals surface area contributed by atoms with E-state index in [1.165, 1.54) is 0 Å². The summed E-state index contributed by atoms with van der Waals surface area (Å²) in [6, 6.07) is 3.76. The van der Waals surface area contributed by atoms with Crippen LogP contribution in [-0.2, 0) is 14.3 Å². The van der Waals surface area contributed by atoms with Crippen LogP contribution in [-0.4, -0.2) is 41.2 Å². The zero-order chi connectivity index (χ0) is 25.5. The monoisotopic (exact) mass is 740 g/mol. The number of esters is 1. The first-order chi connectivity index (χ1) is 15.9. The van der Waals surface area contributed by atoms with Crippen LogP contribution in [0.2, 0.25) is 5.02 Å². The van der Waals surface area contributed by atoms with Gasteiger partial charge >= 0.3 is 5.97 Å². The van der Waals surface area contributed by atoms with Gasteiger partial charge in [-0.2, -0.15) is 0 Å². The van der Waals surface area contributed by atoms with E-state index in [-0.39, 0.29) is 11.1 Å². The van der Waals surface area contributed by atoms with Crippen molar-refractivity contribution in [2.45, 2.75) is 26.8 Å². The first-order valence-electron chi connectivity index (χ1n) is 9.83. The molecule has 0 bridgehead atoms. The fraction of sp³-hybridized carbons (Fsp3) is 0.273. The van der Waals surface area contributed by atoms with E-state index >= 15 is 0 Å². The Hall–Kier alpha value is -1.27. The molecule has 1 N–H and O–H groups in total. The molecule has 1 atom stereocenters. The summed E-state index contributed by atoms with van der Waals surface area (Å²) < 4.78 is 7.04. The Morgan fingerprint density at radius 3 is 2.00 bits per heavy atom. The Kier molecular flexibility index (Phi) is 8.66. The van der Waals surface area contributed by atoms with Gasteiger partial charge in [0.15, 0.2) is 6.61 Å². The molecule has 12 heteroatoms. The molecule has 0 aromatic heterocycles. The molecule has 2 aromatic rings. The number of hydrogen-bond donors (Lipinski definition) is 1. The fourth-order valence-electron chi connectivity index (χ4n) is 3.38. The number of ether oxygens (including phenoxy) is 1. The minimum atomic E-state index is -1.23. The van der Waals surface area contributed by atoms with Gasteiger partial charge in [0.2, 0.25) is 0 Å². The Labute approximate surface area is 234 Å². The highest BCUT2D eigenvalue weighted by atomic mass is 79.9. The smallest absolute Gasteiger partial charge is 0.330 e. The Bertz CT molecular complexity index is 1190. The predicted molar refractivity (Wildman–Crippen MR) is 142 cm³/mol. The van der Waals surface area contributed by atoms with Crippen molar-refractivity contribution in [2.24, 2.45) is 5.92 Å². The van der Waals surface area contributed by atoms with Gasteiger partial charge < -0.3 is 10.1 Å². The number of rotatable bonds is 6. The molecule has 0 radical (unpaired) electrons. The number of anilines is 1. The second-order valence-corrected chi connectivity index (χ2v) is 11.4. The zero-order valence-electron chi connectivity index (χ0n) is 18.0. The van der Waals surface area contributed by atoms with E-state index in [2.05, 4.69) is 69.0 Å². The average Bonchev–Trinajstić information content (AvgIpc) is 3.02. The molecule has 2 aromatic carbocycles. The molecule has 7 nitrogen and oxygen atoms in total. The average molecular weight is 744 g/mol. The number of carbonyl (C=O) groups excluding carboxylic acids is 4. The SMILES string of the molecule is Cc1ccc(NC(=O)COC(=O)[C@H](C(C)C)N2C(=O)c3c(Br)c(Br)c(Br)c(Br)c3C2=O)cc1Cl. The molecule has 0 saturated carbocycles. The molecule has 0 spiro atoms. The van der Waals surface area contributed by atoms with Crippen molar-refractivity contribution >= 4 is 105 Å².